The highest BCUT2D eigenvalue weighted by Crippen LogP contribution is 2.19. The zero-order valence-electron chi connectivity index (χ0n) is 12.6. The van der Waals surface area contributed by atoms with Gasteiger partial charge in [-0.1, -0.05) is 27.7 Å². The van der Waals surface area contributed by atoms with Gasteiger partial charge in [-0.15, -0.1) is 0 Å². The first-order chi connectivity index (χ1) is 9.52. The summed E-state index contributed by atoms with van der Waals surface area (Å²) >= 11 is 0. The number of halogens is 2. The Morgan fingerprint density at radius 2 is 1.40 bits per heavy atom. The second-order valence-corrected chi connectivity index (χ2v) is 3.97. The van der Waals surface area contributed by atoms with E-state index in [1.54, 1.807) is 32.3 Å². The van der Waals surface area contributed by atoms with Gasteiger partial charge in [0.15, 0.2) is 0 Å². The minimum Gasteiger partial charge on any atom is -0.259 e. The third kappa shape index (κ3) is 6.31. The lowest BCUT2D eigenvalue weighted by molar-refractivity contribution is 0.532. The van der Waals surface area contributed by atoms with E-state index in [9.17, 15) is 8.78 Å². The molecule has 2 aromatic heterocycles. The van der Waals surface area contributed by atoms with Crippen LogP contribution in [0.5, 0.6) is 0 Å². The van der Waals surface area contributed by atoms with Crippen molar-refractivity contribution in [3.63, 3.8) is 0 Å². The van der Waals surface area contributed by atoms with Gasteiger partial charge in [0.2, 0.25) is 0 Å². The summed E-state index contributed by atoms with van der Waals surface area (Å²) in [5, 5.41) is 0. The molecule has 0 atom stereocenters. The van der Waals surface area contributed by atoms with Gasteiger partial charge in [-0.2, -0.15) is 0 Å². The lowest BCUT2D eigenvalue weighted by Gasteiger charge is -2.06. The van der Waals surface area contributed by atoms with Gasteiger partial charge in [0, 0.05) is 18.0 Å². The summed E-state index contributed by atoms with van der Waals surface area (Å²) in [4.78, 5) is 11.1. The van der Waals surface area contributed by atoms with Gasteiger partial charge >= 0.3 is 0 Å². The minimum absolute atomic E-state index is 0.111. The largest absolute Gasteiger partial charge is 0.259 e. The highest BCUT2D eigenvalue weighted by molar-refractivity contribution is 5.18. The quantitative estimate of drug-likeness (QED) is 0.782. The molecule has 0 aliphatic heterocycles. The fraction of sp³-hybridized carbons (Fsp3) is 0.400. The van der Waals surface area contributed by atoms with Gasteiger partial charge in [-0.05, 0) is 18.9 Å². The molecule has 0 aromatic carbocycles. The molecule has 0 radical (unpaired) electrons. The van der Waals surface area contributed by atoms with Gasteiger partial charge in [0.1, 0.15) is 17.5 Å². The number of hydrogen-bond acceptors (Lipinski definition) is 3. The molecule has 2 heterocycles. The van der Waals surface area contributed by atoms with E-state index in [1.807, 2.05) is 20.8 Å². The Morgan fingerprint density at radius 3 is 1.65 bits per heavy atom. The van der Waals surface area contributed by atoms with Crippen LogP contribution in [-0.2, 0) is 0 Å². The monoisotopic (exact) mass is 281 g/mol. The fourth-order valence-electron chi connectivity index (χ4n) is 1.35. The zero-order chi connectivity index (χ0) is 15.5. The lowest BCUT2D eigenvalue weighted by atomic mass is 10.0. The summed E-state index contributed by atoms with van der Waals surface area (Å²) in [6.45, 7) is 9.34. The molecule has 0 amide bonds. The molecule has 3 nitrogen and oxygen atoms in total. The van der Waals surface area contributed by atoms with Crippen molar-refractivity contribution in [2.75, 3.05) is 0 Å². The number of nitrogens with zero attached hydrogens (tertiary/aromatic N) is 3. The van der Waals surface area contributed by atoms with E-state index in [0.29, 0.717) is 0 Å². The van der Waals surface area contributed by atoms with Crippen molar-refractivity contribution in [3.05, 3.63) is 53.9 Å². The van der Waals surface area contributed by atoms with Crippen LogP contribution in [0.4, 0.5) is 8.78 Å². The first-order valence-corrected chi connectivity index (χ1v) is 6.55. The van der Waals surface area contributed by atoms with Crippen LogP contribution in [-0.4, -0.2) is 15.0 Å². The smallest absolute Gasteiger partial charge is 0.147 e. The molecule has 5 heteroatoms. The van der Waals surface area contributed by atoms with Gasteiger partial charge in [-0.25, -0.2) is 18.7 Å². The number of aromatic nitrogens is 3. The van der Waals surface area contributed by atoms with E-state index in [1.165, 1.54) is 0 Å². The van der Waals surface area contributed by atoms with Crippen LogP contribution in [0.15, 0.2) is 30.9 Å². The molecule has 2 aromatic rings. The molecule has 2 rings (SSSR count). The van der Waals surface area contributed by atoms with E-state index in [-0.39, 0.29) is 11.5 Å². The Bertz CT molecular complexity index is 467. The van der Waals surface area contributed by atoms with Crippen molar-refractivity contribution >= 4 is 0 Å². The van der Waals surface area contributed by atoms with Crippen LogP contribution in [0.3, 0.4) is 0 Å². The van der Waals surface area contributed by atoms with E-state index in [4.69, 9.17) is 0 Å². The first kappa shape index (κ1) is 18.1. The van der Waals surface area contributed by atoms with Crippen LogP contribution < -0.4 is 0 Å². The van der Waals surface area contributed by atoms with E-state index in [2.05, 4.69) is 15.0 Å². The van der Waals surface area contributed by atoms with Crippen molar-refractivity contribution in [1.82, 2.24) is 15.0 Å². The summed E-state index contributed by atoms with van der Waals surface area (Å²) in [5.41, 5.74) is 0.111. The number of hydrogen-bond donors (Lipinski definition) is 0. The highest BCUT2D eigenvalue weighted by atomic mass is 19.1. The topological polar surface area (TPSA) is 38.7 Å². The van der Waals surface area contributed by atoms with Crippen LogP contribution in [0.2, 0.25) is 0 Å². The van der Waals surface area contributed by atoms with Crippen LogP contribution in [0.1, 0.15) is 45.0 Å². The fourth-order valence-corrected chi connectivity index (χ4v) is 1.35. The SMILES string of the molecule is CC.CC(C)c1c(F)cncc1F.Cc1ncccn1. The molecule has 0 fully saturated rings. The molecule has 0 saturated heterocycles. The predicted octanol–water partition coefficient (Wildman–Crippen LogP) is 4.29. The van der Waals surface area contributed by atoms with Crippen molar-refractivity contribution in [2.24, 2.45) is 0 Å². The maximum atomic E-state index is 12.8. The van der Waals surface area contributed by atoms with Gasteiger partial charge in [0.25, 0.3) is 0 Å². The Morgan fingerprint density at radius 1 is 0.950 bits per heavy atom. The van der Waals surface area contributed by atoms with Crippen LogP contribution in [0.25, 0.3) is 0 Å². The molecule has 20 heavy (non-hydrogen) atoms. The van der Waals surface area contributed by atoms with Crippen LogP contribution >= 0.6 is 0 Å². The summed E-state index contributed by atoms with van der Waals surface area (Å²) < 4.78 is 25.6. The molecule has 0 N–H and O–H groups in total. The predicted molar refractivity (Wildman–Crippen MR) is 76.4 cm³/mol. The molecular formula is C15H21F2N3. The average molecular weight is 281 g/mol. The molecular weight excluding hydrogens is 260 g/mol. The maximum absolute atomic E-state index is 12.8. The van der Waals surface area contributed by atoms with Gasteiger partial charge in [0.05, 0.1) is 12.4 Å². The Kier molecular flexibility index (Phi) is 9.00. The second kappa shape index (κ2) is 9.95. The summed E-state index contributed by atoms with van der Waals surface area (Å²) in [6, 6.07) is 1.80. The Labute approximate surface area is 119 Å². The second-order valence-electron chi connectivity index (χ2n) is 3.97. The minimum atomic E-state index is -0.569. The Hall–Kier alpha value is -1.91. The third-order valence-corrected chi connectivity index (χ3v) is 2.16. The van der Waals surface area contributed by atoms with Gasteiger partial charge in [-0.3, -0.25) is 4.98 Å². The molecule has 0 spiro atoms. The van der Waals surface area contributed by atoms with E-state index < -0.39 is 11.6 Å². The summed E-state index contributed by atoms with van der Waals surface area (Å²) in [7, 11) is 0. The molecule has 0 aliphatic rings. The first-order valence-electron chi connectivity index (χ1n) is 6.55. The number of pyridine rings is 1. The average Bonchev–Trinajstić information content (AvgIpc) is 2.42. The van der Waals surface area contributed by atoms with Crippen molar-refractivity contribution in [2.45, 2.75) is 40.5 Å². The summed E-state index contributed by atoms with van der Waals surface area (Å²) in [5.74, 6) is -0.458. The highest BCUT2D eigenvalue weighted by Gasteiger charge is 2.11. The Balaban J connectivity index is 0.000000345. The molecule has 0 saturated carbocycles. The molecule has 110 valence electrons. The van der Waals surface area contributed by atoms with Crippen LogP contribution in [0, 0.1) is 18.6 Å². The molecule has 0 bridgehead atoms. The third-order valence-electron chi connectivity index (χ3n) is 2.16. The normalized spacial score (nSPS) is 9.20. The van der Waals surface area contributed by atoms with Crippen molar-refractivity contribution in [1.29, 1.82) is 0 Å². The molecule has 0 unspecified atom stereocenters. The van der Waals surface area contributed by atoms with E-state index in [0.717, 1.165) is 18.2 Å². The maximum Gasteiger partial charge on any atom is 0.147 e. The van der Waals surface area contributed by atoms with Crippen molar-refractivity contribution < 1.29 is 8.78 Å². The van der Waals surface area contributed by atoms with Gasteiger partial charge < -0.3 is 0 Å². The number of rotatable bonds is 1. The molecule has 0 aliphatic carbocycles. The standard InChI is InChI=1S/C8H9F2N.C5H6N2.C2H6/c1-5(2)8-6(9)3-11-4-7(8)10;1-5-6-3-2-4-7-5;1-2/h3-5H,1-2H3;2-4H,1H3;1-2H3. The lowest BCUT2D eigenvalue weighted by Crippen LogP contribution is -1.98. The van der Waals surface area contributed by atoms with Crippen molar-refractivity contribution in [3.8, 4) is 0 Å². The number of aryl methyl sites for hydroxylation is 1. The summed E-state index contributed by atoms with van der Waals surface area (Å²) in [6.07, 6.45) is 5.50. The van der Waals surface area contributed by atoms with E-state index >= 15 is 0 Å². The zero-order valence-corrected chi connectivity index (χ0v) is 12.6.